The lowest BCUT2D eigenvalue weighted by Gasteiger charge is -2.30. The molecule has 0 aromatic heterocycles. The van der Waals surface area contributed by atoms with Gasteiger partial charge in [0.15, 0.2) is 0 Å². The zero-order valence-corrected chi connectivity index (χ0v) is 58.9. The zero-order chi connectivity index (χ0) is 63.5. The standard InChI is InChI=1S/C77H141N2O7P/c1-7-10-13-16-19-22-25-28-30-32-34-36-37-38-39-40-41-43-45-47-49-52-55-58-61-64-67-70-77(81)86-75(68-65-62-59-56-53-50-27-24-21-18-15-12-9-3)74(73-85-87(82,83)84-72-71-79(4,5)6)78-76(80)69-66-63-60-57-54-51-48-46-44-42-35-33-31-29-26-23-20-17-14-11-8-2/h19-20,22-23,28-31,34-36,42,65,68,74-75H,7-18,21,24-27,32-33,37-41,43-64,66-67,69-73H2,1-6H3,(H-,78,80,82,83)/b22-19-,23-20-,30-28-,31-29-,36-34-,42-35-,68-65-. The number of allylic oxidation sites excluding steroid dienone is 13. The molecule has 0 spiro atoms. The van der Waals surface area contributed by atoms with Crippen LogP contribution in [0.25, 0.3) is 0 Å². The molecule has 506 valence electrons. The van der Waals surface area contributed by atoms with Crippen molar-refractivity contribution in [1.29, 1.82) is 0 Å². The number of hydrogen-bond acceptors (Lipinski definition) is 7. The summed E-state index contributed by atoms with van der Waals surface area (Å²) < 4.78 is 30.5. The summed E-state index contributed by atoms with van der Waals surface area (Å²) >= 11 is 0. The van der Waals surface area contributed by atoms with Crippen molar-refractivity contribution in [2.75, 3.05) is 40.9 Å². The van der Waals surface area contributed by atoms with Gasteiger partial charge in [0, 0.05) is 12.8 Å². The van der Waals surface area contributed by atoms with Gasteiger partial charge in [-0.25, -0.2) is 0 Å². The van der Waals surface area contributed by atoms with Crippen LogP contribution in [0, 0.1) is 0 Å². The predicted octanol–water partition coefficient (Wildman–Crippen LogP) is 23.0. The summed E-state index contributed by atoms with van der Waals surface area (Å²) in [4.78, 5) is 40.3. The Balaban J connectivity index is 5.06. The molecule has 3 atom stereocenters. The summed E-state index contributed by atoms with van der Waals surface area (Å²) in [6, 6.07) is -0.897. The molecule has 0 saturated carbocycles. The second kappa shape index (κ2) is 66.1. The Morgan fingerprint density at radius 1 is 0.402 bits per heavy atom. The van der Waals surface area contributed by atoms with Crippen LogP contribution in [0.1, 0.15) is 342 Å². The number of phosphoric acid groups is 1. The van der Waals surface area contributed by atoms with E-state index in [1.54, 1.807) is 0 Å². The molecule has 0 radical (unpaired) electrons. The highest BCUT2D eigenvalue weighted by atomic mass is 31.2. The van der Waals surface area contributed by atoms with Gasteiger partial charge in [0.2, 0.25) is 5.91 Å². The van der Waals surface area contributed by atoms with Crippen LogP contribution in [-0.2, 0) is 27.9 Å². The first-order chi connectivity index (χ1) is 42.4. The van der Waals surface area contributed by atoms with Gasteiger partial charge >= 0.3 is 5.97 Å². The highest BCUT2D eigenvalue weighted by Crippen LogP contribution is 2.38. The largest absolute Gasteiger partial charge is 0.756 e. The molecule has 0 aliphatic carbocycles. The number of rotatable bonds is 67. The summed E-state index contributed by atoms with van der Waals surface area (Å²) in [5.74, 6) is -0.541. The van der Waals surface area contributed by atoms with E-state index in [9.17, 15) is 19.0 Å². The minimum absolute atomic E-state index is 0.0258. The number of phosphoric ester groups is 1. The van der Waals surface area contributed by atoms with E-state index in [1.807, 2.05) is 33.3 Å². The molecule has 0 bridgehead atoms. The van der Waals surface area contributed by atoms with Crippen molar-refractivity contribution in [3.05, 3.63) is 85.1 Å². The zero-order valence-electron chi connectivity index (χ0n) is 58.0. The monoisotopic (exact) mass is 1240 g/mol. The third-order valence-corrected chi connectivity index (χ3v) is 17.3. The number of carbonyl (C=O) groups excluding carboxylic acids is 2. The van der Waals surface area contributed by atoms with E-state index in [0.29, 0.717) is 17.4 Å². The number of carbonyl (C=O) groups is 2. The molecule has 10 heteroatoms. The molecule has 1 amide bonds. The fourth-order valence-corrected chi connectivity index (χ4v) is 11.3. The molecule has 0 heterocycles. The number of unbranched alkanes of at least 4 members (excludes halogenated alkanes) is 39. The number of nitrogens with zero attached hydrogens (tertiary/aromatic N) is 1. The summed E-state index contributed by atoms with van der Waals surface area (Å²) in [6.07, 6.45) is 88.4. The normalized spacial score (nSPS) is 14.0. The Bertz CT molecular complexity index is 1760. The Morgan fingerprint density at radius 2 is 0.701 bits per heavy atom. The highest BCUT2D eigenvalue weighted by molar-refractivity contribution is 7.45. The molecule has 3 unspecified atom stereocenters. The minimum Gasteiger partial charge on any atom is -0.756 e. The fraction of sp³-hybridized carbons (Fsp3) is 0.792. The molecule has 0 aromatic carbocycles. The van der Waals surface area contributed by atoms with Gasteiger partial charge in [0.1, 0.15) is 19.3 Å². The van der Waals surface area contributed by atoms with Crippen LogP contribution < -0.4 is 10.2 Å². The summed E-state index contributed by atoms with van der Waals surface area (Å²) in [6.45, 7) is 6.82. The van der Waals surface area contributed by atoms with Crippen molar-refractivity contribution < 1.29 is 37.3 Å². The average molecular weight is 1240 g/mol. The van der Waals surface area contributed by atoms with E-state index >= 15 is 0 Å². The topological polar surface area (TPSA) is 114 Å². The molecule has 0 rings (SSSR count). The number of hydrogen-bond donors (Lipinski definition) is 1. The molecule has 0 aliphatic heterocycles. The lowest BCUT2D eigenvalue weighted by molar-refractivity contribution is -0.870. The molecule has 9 nitrogen and oxygen atoms in total. The van der Waals surface area contributed by atoms with Crippen molar-refractivity contribution in [3.8, 4) is 0 Å². The fourth-order valence-electron chi connectivity index (χ4n) is 10.6. The molecule has 0 fully saturated rings. The van der Waals surface area contributed by atoms with Gasteiger partial charge in [-0.15, -0.1) is 0 Å². The van der Waals surface area contributed by atoms with Gasteiger partial charge in [-0.2, -0.15) is 0 Å². The van der Waals surface area contributed by atoms with Crippen LogP contribution in [-0.4, -0.2) is 69.4 Å². The lowest BCUT2D eigenvalue weighted by atomic mass is 10.0. The summed E-state index contributed by atoms with van der Waals surface area (Å²) in [5.41, 5.74) is 0. The first kappa shape index (κ1) is 84.2. The molecule has 87 heavy (non-hydrogen) atoms. The van der Waals surface area contributed by atoms with E-state index in [2.05, 4.69) is 99.0 Å². The van der Waals surface area contributed by atoms with E-state index in [0.717, 1.165) is 96.3 Å². The maximum Gasteiger partial charge on any atom is 0.306 e. The smallest absolute Gasteiger partial charge is 0.306 e. The maximum absolute atomic E-state index is 13.6. The van der Waals surface area contributed by atoms with Crippen LogP contribution in [0.3, 0.4) is 0 Å². The van der Waals surface area contributed by atoms with Crippen molar-refractivity contribution in [2.24, 2.45) is 0 Å². The number of ether oxygens (including phenoxy) is 1. The SMILES string of the molecule is CCCCC/C=C\C/C=C\C/C=C\CCCCCCCCCCCCCCCCC(=O)OC(/C=C\CCCCCCCCCCCCC)C(COP(=O)([O-])OCC[N+](C)(C)C)NC(=O)CCCCCCCCCC/C=C\C/C=C\C/C=C\CCCCC. The van der Waals surface area contributed by atoms with E-state index in [1.165, 1.54) is 212 Å². The second-order valence-corrected chi connectivity index (χ2v) is 27.5. The van der Waals surface area contributed by atoms with Gasteiger partial charge in [-0.1, -0.05) is 305 Å². The van der Waals surface area contributed by atoms with Crippen molar-refractivity contribution in [3.63, 3.8) is 0 Å². The average Bonchev–Trinajstić information content (AvgIpc) is 3.70. The molecule has 0 saturated heterocycles. The Labute approximate surface area is 539 Å². The maximum atomic E-state index is 13.6. The van der Waals surface area contributed by atoms with Crippen LogP contribution in [0.15, 0.2) is 85.1 Å². The van der Waals surface area contributed by atoms with Gasteiger partial charge < -0.3 is 28.5 Å². The number of nitrogens with one attached hydrogen (secondary N) is 1. The van der Waals surface area contributed by atoms with Crippen LogP contribution in [0.5, 0.6) is 0 Å². The Morgan fingerprint density at radius 3 is 1.07 bits per heavy atom. The second-order valence-electron chi connectivity index (χ2n) is 26.1. The molecule has 0 aromatic rings. The first-order valence-electron chi connectivity index (χ1n) is 36.9. The Hall–Kier alpha value is -2.81. The van der Waals surface area contributed by atoms with E-state index in [4.69, 9.17) is 13.8 Å². The van der Waals surface area contributed by atoms with Gasteiger partial charge in [0.25, 0.3) is 7.82 Å². The molecular formula is C77H141N2O7P. The van der Waals surface area contributed by atoms with E-state index < -0.39 is 26.6 Å². The third-order valence-electron chi connectivity index (χ3n) is 16.3. The number of esters is 1. The predicted molar refractivity (Wildman–Crippen MR) is 376 cm³/mol. The first-order valence-corrected chi connectivity index (χ1v) is 38.4. The molecule has 0 aliphatic rings. The van der Waals surface area contributed by atoms with E-state index in [-0.39, 0.29) is 24.9 Å². The van der Waals surface area contributed by atoms with Gasteiger partial charge in [0.05, 0.1) is 33.8 Å². The number of quaternary nitrogens is 1. The van der Waals surface area contributed by atoms with Crippen molar-refractivity contribution in [1.82, 2.24) is 5.32 Å². The third kappa shape index (κ3) is 67.4. The van der Waals surface area contributed by atoms with Gasteiger partial charge in [-0.05, 0) is 109 Å². The number of amides is 1. The highest BCUT2D eigenvalue weighted by Gasteiger charge is 2.27. The molecule has 1 N–H and O–H groups in total. The minimum atomic E-state index is -4.71. The van der Waals surface area contributed by atoms with Gasteiger partial charge in [-0.3, -0.25) is 14.2 Å². The summed E-state index contributed by atoms with van der Waals surface area (Å²) in [5, 5.41) is 3.04. The summed E-state index contributed by atoms with van der Waals surface area (Å²) in [7, 11) is 1.18. The lowest BCUT2D eigenvalue weighted by Crippen LogP contribution is -2.47. The van der Waals surface area contributed by atoms with Crippen molar-refractivity contribution >= 4 is 19.7 Å². The van der Waals surface area contributed by atoms with Crippen LogP contribution in [0.4, 0.5) is 0 Å². The Kier molecular flexibility index (Phi) is 64.0. The van der Waals surface area contributed by atoms with Crippen molar-refractivity contribution in [2.45, 2.75) is 354 Å². The van der Waals surface area contributed by atoms with Crippen LogP contribution in [0.2, 0.25) is 0 Å². The molecular weight excluding hydrogens is 1100 g/mol. The van der Waals surface area contributed by atoms with Crippen LogP contribution >= 0.6 is 7.82 Å². The number of likely N-dealkylation sites (N-methyl/N-ethyl adjacent to an activating group) is 1. The quantitative estimate of drug-likeness (QED) is 0.0212.